The van der Waals surface area contributed by atoms with E-state index in [0.717, 1.165) is 47.2 Å². The molecule has 0 bridgehead atoms. The molecule has 1 aliphatic heterocycles. The van der Waals surface area contributed by atoms with Crippen molar-refractivity contribution in [2.45, 2.75) is 45.2 Å². The lowest BCUT2D eigenvalue weighted by Gasteiger charge is -2.26. The fraction of sp³-hybridized carbons (Fsp3) is 0.281. The summed E-state index contributed by atoms with van der Waals surface area (Å²) in [5.74, 6) is -2.60. The average molecular weight is 526 g/mol. The minimum atomic E-state index is -1.23. The Balaban J connectivity index is 1.42. The summed E-state index contributed by atoms with van der Waals surface area (Å²) in [5.41, 5.74) is 4.13. The molecule has 3 aromatic carbocycles. The molecule has 1 saturated heterocycles. The van der Waals surface area contributed by atoms with Crippen molar-refractivity contribution in [2.75, 3.05) is 13.1 Å². The SMILES string of the molecule is Cc1cccc(F)c1C(=O)N[C@@H](Cc1cccc2c(-c3cc(CN4CCCCC4)ccn3)cccc12)C(=O)O. The number of carboxylic acids is 1. The van der Waals surface area contributed by atoms with E-state index < -0.39 is 23.7 Å². The Labute approximate surface area is 227 Å². The lowest BCUT2D eigenvalue weighted by Crippen LogP contribution is -2.42. The number of benzene rings is 3. The number of carbonyl (C=O) groups excluding carboxylic acids is 1. The van der Waals surface area contributed by atoms with E-state index in [0.29, 0.717) is 5.56 Å². The molecule has 0 saturated carbocycles. The molecule has 6 nitrogen and oxygen atoms in total. The second-order valence-corrected chi connectivity index (χ2v) is 10.2. The van der Waals surface area contributed by atoms with Gasteiger partial charge in [-0.05, 0) is 78.5 Å². The molecule has 0 aliphatic carbocycles. The van der Waals surface area contributed by atoms with Crippen molar-refractivity contribution in [1.29, 1.82) is 0 Å². The smallest absolute Gasteiger partial charge is 0.326 e. The number of nitrogens with zero attached hydrogens (tertiary/aromatic N) is 2. The first-order valence-electron chi connectivity index (χ1n) is 13.4. The van der Waals surface area contributed by atoms with E-state index >= 15 is 0 Å². The maximum atomic E-state index is 14.3. The summed E-state index contributed by atoms with van der Waals surface area (Å²) in [4.78, 5) is 32.1. The van der Waals surface area contributed by atoms with E-state index in [1.807, 2.05) is 42.6 Å². The predicted octanol–water partition coefficient (Wildman–Crippen LogP) is 5.76. The van der Waals surface area contributed by atoms with Gasteiger partial charge in [-0.2, -0.15) is 0 Å². The van der Waals surface area contributed by atoms with Crippen molar-refractivity contribution < 1.29 is 19.1 Å². The van der Waals surface area contributed by atoms with E-state index in [-0.39, 0.29) is 12.0 Å². The van der Waals surface area contributed by atoms with Crippen LogP contribution in [0, 0.1) is 12.7 Å². The molecule has 1 aliphatic rings. The van der Waals surface area contributed by atoms with Crippen molar-refractivity contribution in [1.82, 2.24) is 15.2 Å². The van der Waals surface area contributed by atoms with Crippen LogP contribution in [0.25, 0.3) is 22.0 Å². The van der Waals surface area contributed by atoms with Crippen molar-refractivity contribution in [3.8, 4) is 11.3 Å². The van der Waals surface area contributed by atoms with Crippen LogP contribution in [0.2, 0.25) is 0 Å². The number of piperidine rings is 1. The number of aryl methyl sites for hydroxylation is 1. The van der Waals surface area contributed by atoms with Gasteiger partial charge in [0.2, 0.25) is 0 Å². The van der Waals surface area contributed by atoms with Crippen LogP contribution in [0.5, 0.6) is 0 Å². The molecule has 1 fully saturated rings. The first-order chi connectivity index (χ1) is 18.9. The number of halogens is 1. The molecule has 39 heavy (non-hydrogen) atoms. The van der Waals surface area contributed by atoms with Crippen molar-refractivity contribution in [3.63, 3.8) is 0 Å². The minimum absolute atomic E-state index is 0.0534. The van der Waals surface area contributed by atoms with Gasteiger partial charge in [0, 0.05) is 24.7 Å². The van der Waals surface area contributed by atoms with Gasteiger partial charge in [0.15, 0.2) is 0 Å². The number of aromatic nitrogens is 1. The minimum Gasteiger partial charge on any atom is -0.480 e. The van der Waals surface area contributed by atoms with E-state index in [9.17, 15) is 19.1 Å². The number of hydrogen-bond donors (Lipinski definition) is 2. The van der Waals surface area contributed by atoms with Crippen LogP contribution in [-0.2, 0) is 17.8 Å². The van der Waals surface area contributed by atoms with Crippen LogP contribution in [-0.4, -0.2) is 46.0 Å². The molecule has 2 heterocycles. The standard InChI is InChI=1S/C32H32FN3O3/c1-21-8-5-13-27(33)30(21)31(37)35-29(32(38)39)19-23-9-6-11-25-24(23)10-7-12-26(25)28-18-22(14-15-34-28)20-36-16-3-2-4-17-36/h5-15,18,29H,2-4,16-17,19-20H2,1H3,(H,35,37)(H,38,39)/t29-/m0/s1. The van der Waals surface area contributed by atoms with Crippen LogP contribution in [0.1, 0.15) is 46.3 Å². The molecule has 2 N–H and O–H groups in total. The van der Waals surface area contributed by atoms with Gasteiger partial charge in [-0.1, -0.05) is 55.0 Å². The largest absolute Gasteiger partial charge is 0.480 e. The van der Waals surface area contributed by atoms with Gasteiger partial charge in [-0.25, -0.2) is 9.18 Å². The maximum Gasteiger partial charge on any atom is 0.326 e. The highest BCUT2D eigenvalue weighted by Crippen LogP contribution is 2.31. The third kappa shape index (κ3) is 5.99. The number of hydrogen-bond acceptors (Lipinski definition) is 4. The number of amides is 1. The Kier molecular flexibility index (Phi) is 7.98. The van der Waals surface area contributed by atoms with E-state index in [1.54, 1.807) is 13.0 Å². The number of fused-ring (bicyclic) bond motifs is 1. The molecule has 0 radical (unpaired) electrons. The first kappa shape index (κ1) is 26.5. The lowest BCUT2D eigenvalue weighted by atomic mass is 9.94. The maximum absolute atomic E-state index is 14.3. The lowest BCUT2D eigenvalue weighted by molar-refractivity contribution is -0.139. The number of rotatable bonds is 8. The Morgan fingerprint density at radius 1 is 1.00 bits per heavy atom. The van der Waals surface area contributed by atoms with Gasteiger partial charge in [-0.15, -0.1) is 0 Å². The van der Waals surface area contributed by atoms with Crippen molar-refractivity contribution in [2.24, 2.45) is 0 Å². The van der Waals surface area contributed by atoms with E-state index in [2.05, 4.69) is 27.3 Å². The van der Waals surface area contributed by atoms with Gasteiger partial charge in [0.1, 0.15) is 11.9 Å². The highest BCUT2D eigenvalue weighted by Gasteiger charge is 2.24. The number of aliphatic carboxylic acids is 1. The van der Waals surface area contributed by atoms with Crippen molar-refractivity contribution >= 4 is 22.6 Å². The summed E-state index contributed by atoms with van der Waals surface area (Å²) in [6, 6.07) is 19.0. The fourth-order valence-electron chi connectivity index (χ4n) is 5.44. The quantitative estimate of drug-likeness (QED) is 0.306. The van der Waals surface area contributed by atoms with Crippen LogP contribution in [0.4, 0.5) is 4.39 Å². The number of nitrogens with one attached hydrogen (secondary N) is 1. The van der Waals surface area contributed by atoms with Crippen LogP contribution >= 0.6 is 0 Å². The van der Waals surface area contributed by atoms with Crippen molar-refractivity contribution in [3.05, 3.63) is 101 Å². The summed E-state index contributed by atoms with van der Waals surface area (Å²) in [6.07, 6.45) is 5.67. The zero-order valence-corrected chi connectivity index (χ0v) is 22.0. The van der Waals surface area contributed by atoms with Crippen LogP contribution < -0.4 is 5.32 Å². The number of carbonyl (C=O) groups is 2. The zero-order chi connectivity index (χ0) is 27.4. The Morgan fingerprint density at radius 3 is 2.51 bits per heavy atom. The molecule has 200 valence electrons. The molecule has 1 amide bonds. The summed E-state index contributed by atoms with van der Waals surface area (Å²) in [5, 5.41) is 14.3. The van der Waals surface area contributed by atoms with Gasteiger partial charge in [0.05, 0.1) is 11.3 Å². The third-order valence-electron chi connectivity index (χ3n) is 7.44. The predicted molar refractivity (Wildman–Crippen MR) is 150 cm³/mol. The van der Waals surface area contributed by atoms with Gasteiger partial charge >= 0.3 is 5.97 Å². The molecule has 4 aromatic rings. The second kappa shape index (κ2) is 11.7. The van der Waals surface area contributed by atoms with Gasteiger partial charge < -0.3 is 10.4 Å². The number of likely N-dealkylation sites (tertiary alicyclic amines) is 1. The molecule has 5 rings (SSSR count). The van der Waals surface area contributed by atoms with Gasteiger partial charge in [0.25, 0.3) is 5.91 Å². The monoisotopic (exact) mass is 525 g/mol. The summed E-state index contributed by atoms with van der Waals surface area (Å²) in [7, 11) is 0. The van der Waals surface area contributed by atoms with Crippen LogP contribution in [0.3, 0.4) is 0 Å². The molecule has 0 unspecified atom stereocenters. The topological polar surface area (TPSA) is 82.5 Å². The highest BCUT2D eigenvalue weighted by molar-refractivity contribution is 5.99. The fourth-order valence-corrected chi connectivity index (χ4v) is 5.44. The average Bonchev–Trinajstić information content (AvgIpc) is 2.93. The third-order valence-corrected chi connectivity index (χ3v) is 7.44. The normalized spacial score (nSPS) is 14.7. The Morgan fingerprint density at radius 2 is 1.74 bits per heavy atom. The highest BCUT2D eigenvalue weighted by atomic mass is 19.1. The van der Waals surface area contributed by atoms with Gasteiger partial charge in [-0.3, -0.25) is 14.7 Å². The molecule has 1 atom stereocenters. The first-order valence-corrected chi connectivity index (χ1v) is 13.4. The second-order valence-electron chi connectivity index (χ2n) is 10.2. The van der Waals surface area contributed by atoms with E-state index in [4.69, 9.17) is 0 Å². The number of carboxylic acid groups (broad SMARTS) is 1. The number of pyridine rings is 1. The van der Waals surface area contributed by atoms with Crippen LogP contribution in [0.15, 0.2) is 72.9 Å². The van der Waals surface area contributed by atoms with E-state index in [1.165, 1.54) is 37.0 Å². The molecule has 0 spiro atoms. The molecular formula is C32H32FN3O3. The molecule has 7 heteroatoms. The molecule has 1 aromatic heterocycles. The summed E-state index contributed by atoms with van der Waals surface area (Å²) >= 11 is 0. The Bertz CT molecular complexity index is 1490. The Hall–Kier alpha value is -4.10. The zero-order valence-electron chi connectivity index (χ0n) is 22.0. The summed E-state index contributed by atoms with van der Waals surface area (Å²) < 4.78 is 14.3. The summed E-state index contributed by atoms with van der Waals surface area (Å²) in [6.45, 7) is 4.75. The molecular weight excluding hydrogens is 493 g/mol.